The van der Waals surface area contributed by atoms with Gasteiger partial charge in [0, 0.05) is 15.8 Å². The largest absolute Gasteiger partial charge is 0.484 e. The molecule has 5 nitrogen and oxygen atoms in total. The molecule has 0 spiro atoms. The van der Waals surface area contributed by atoms with E-state index in [1.807, 2.05) is 0 Å². The third-order valence-corrected chi connectivity index (χ3v) is 5.34. The molecule has 1 heterocycles. The van der Waals surface area contributed by atoms with Crippen LogP contribution < -0.4 is 9.47 Å². The minimum absolute atomic E-state index is 0.0179. The van der Waals surface area contributed by atoms with Gasteiger partial charge in [-0.05, 0) is 35.9 Å². The van der Waals surface area contributed by atoms with Crippen molar-refractivity contribution in [3.05, 3.63) is 52.0 Å². The van der Waals surface area contributed by atoms with E-state index in [-0.39, 0.29) is 33.9 Å². The highest BCUT2D eigenvalue weighted by atomic mass is 35.5. The maximum absolute atomic E-state index is 12.6. The van der Waals surface area contributed by atoms with E-state index in [9.17, 15) is 26.3 Å². The number of aromatic nitrogens is 2. The van der Waals surface area contributed by atoms with Gasteiger partial charge >= 0.3 is 12.4 Å². The van der Waals surface area contributed by atoms with E-state index in [4.69, 9.17) is 32.4 Å². The Bertz CT molecular complexity index is 1090. The first kappa shape index (κ1) is 25.3. The third kappa shape index (κ3) is 7.61. The van der Waals surface area contributed by atoms with Crippen LogP contribution in [-0.2, 0) is 5.75 Å². The summed E-state index contributed by atoms with van der Waals surface area (Å²) in [4.78, 5) is 0. The monoisotopic (exact) mass is 532 g/mol. The molecule has 0 aliphatic rings. The molecule has 0 unspecified atom stereocenters. The topological polar surface area (TPSA) is 57.4 Å². The Morgan fingerprint density at radius 3 is 2.15 bits per heavy atom. The first-order valence-electron chi connectivity index (χ1n) is 8.84. The summed E-state index contributed by atoms with van der Waals surface area (Å²) in [5, 5.41) is 8.39. The Balaban J connectivity index is 1.83. The molecule has 0 fully saturated rings. The van der Waals surface area contributed by atoms with Crippen molar-refractivity contribution in [2.45, 2.75) is 23.3 Å². The van der Waals surface area contributed by atoms with Crippen LogP contribution in [0.3, 0.4) is 0 Å². The van der Waals surface area contributed by atoms with E-state index in [0.29, 0.717) is 15.6 Å². The Labute approximate surface area is 197 Å². The maximum atomic E-state index is 12.6. The van der Waals surface area contributed by atoms with Crippen molar-refractivity contribution < 1.29 is 40.2 Å². The van der Waals surface area contributed by atoms with Gasteiger partial charge in [-0.25, -0.2) is 0 Å². The summed E-state index contributed by atoms with van der Waals surface area (Å²) in [5.41, 5.74) is 0.427. The second-order valence-electron chi connectivity index (χ2n) is 6.33. The standard InChI is InChI=1S/C19H12Cl2F6N2O3S/c20-13-2-1-3-14(21)12(13)7-33-17-29-28-16(32-17)11-6-10(30-8-18(22,23)24)4-5-15(11)31-9-19(25,26)27/h1-6H,7-9H2. The van der Waals surface area contributed by atoms with Gasteiger partial charge in [-0.2, -0.15) is 26.3 Å². The molecular formula is C19H12Cl2F6N2O3S. The van der Waals surface area contributed by atoms with Crippen molar-refractivity contribution in [1.82, 2.24) is 10.2 Å². The molecule has 0 amide bonds. The highest BCUT2D eigenvalue weighted by Gasteiger charge is 2.30. The Morgan fingerprint density at radius 1 is 0.879 bits per heavy atom. The molecule has 178 valence electrons. The zero-order valence-electron chi connectivity index (χ0n) is 16.1. The summed E-state index contributed by atoms with van der Waals surface area (Å²) in [6.45, 7) is -3.23. The van der Waals surface area contributed by atoms with Crippen LogP contribution in [0.2, 0.25) is 10.0 Å². The molecule has 0 saturated heterocycles. The van der Waals surface area contributed by atoms with Crippen LogP contribution in [0.1, 0.15) is 5.56 Å². The van der Waals surface area contributed by atoms with E-state index in [2.05, 4.69) is 14.9 Å². The van der Waals surface area contributed by atoms with Gasteiger partial charge in [0.25, 0.3) is 11.1 Å². The second-order valence-corrected chi connectivity index (χ2v) is 8.07. The number of nitrogens with zero attached hydrogens (tertiary/aromatic N) is 2. The molecule has 33 heavy (non-hydrogen) atoms. The molecule has 3 rings (SSSR count). The van der Waals surface area contributed by atoms with Crippen LogP contribution >= 0.6 is 35.0 Å². The molecule has 0 aliphatic carbocycles. The number of ether oxygens (including phenoxy) is 2. The highest BCUT2D eigenvalue weighted by molar-refractivity contribution is 7.98. The van der Waals surface area contributed by atoms with Crippen molar-refractivity contribution >= 4 is 35.0 Å². The highest BCUT2D eigenvalue weighted by Crippen LogP contribution is 2.37. The Hall–Kier alpha value is -2.31. The summed E-state index contributed by atoms with van der Waals surface area (Å²) in [6.07, 6.45) is -9.26. The van der Waals surface area contributed by atoms with E-state index in [1.165, 1.54) is 0 Å². The van der Waals surface area contributed by atoms with Crippen LogP contribution in [0, 0.1) is 0 Å². The summed E-state index contributed by atoms with van der Waals surface area (Å²) >= 11 is 13.3. The quantitative estimate of drug-likeness (QED) is 0.225. The number of halogens is 8. The first-order valence-corrected chi connectivity index (χ1v) is 10.6. The van der Waals surface area contributed by atoms with Gasteiger partial charge in [0.1, 0.15) is 11.5 Å². The molecule has 0 atom stereocenters. The Morgan fingerprint density at radius 2 is 1.52 bits per heavy atom. The lowest BCUT2D eigenvalue weighted by Crippen LogP contribution is -2.20. The molecular weight excluding hydrogens is 521 g/mol. The molecule has 0 aliphatic heterocycles. The van der Waals surface area contributed by atoms with Gasteiger partial charge < -0.3 is 13.9 Å². The van der Waals surface area contributed by atoms with Gasteiger partial charge in [0.2, 0.25) is 0 Å². The summed E-state index contributed by atoms with van der Waals surface area (Å²) in [6, 6.07) is 8.02. The maximum Gasteiger partial charge on any atom is 0.422 e. The molecule has 0 N–H and O–H groups in total. The zero-order valence-corrected chi connectivity index (χ0v) is 18.5. The minimum Gasteiger partial charge on any atom is -0.484 e. The average molecular weight is 533 g/mol. The summed E-state index contributed by atoms with van der Waals surface area (Å²) in [5.74, 6) is -0.651. The molecule has 14 heteroatoms. The number of rotatable bonds is 8. The van der Waals surface area contributed by atoms with Crippen molar-refractivity contribution in [2.24, 2.45) is 0 Å². The molecule has 0 bridgehead atoms. The number of benzene rings is 2. The van der Waals surface area contributed by atoms with E-state index in [0.717, 1.165) is 30.0 Å². The lowest BCUT2D eigenvalue weighted by molar-refractivity contribution is -0.154. The lowest BCUT2D eigenvalue weighted by atomic mass is 10.2. The van der Waals surface area contributed by atoms with E-state index in [1.54, 1.807) is 18.2 Å². The van der Waals surface area contributed by atoms with Crippen LogP contribution in [0.25, 0.3) is 11.5 Å². The minimum atomic E-state index is -4.65. The normalized spacial score (nSPS) is 12.1. The van der Waals surface area contributed by atoms with Crippen LogP contribution in [0.15, 0.2) is 46.0 Å². The van der Waals surface area contributed by atoms with Crippen LogP contribution in [-0.4, -0.2) is 35.8 Å². The van der Waals surface area contributed by atoms with Gasteiger partial charge in [0.05, 0.1) is 5.56 Å². The molecule has 0 radical (unpaired) electrons. The van der Waals surface area contributed by atoms with E-state index < -0.39 is 25.6 Å². The van der Waals surface area contributed by atoms with Gasteiger partial charge in [0.15, 0.2) is 13.2 Å². The molecule has 3 aromatic rings. The smallest absolute Gasteiger partial charge is 0.422 e. The third-order valence-electron chi connectivity index (χ3n) is 3.78. The number of alkyl halides is 6. The lowest BCUT2D eigenvalue weighted by Gasteiger charge is -2.14. The van der Waals surface area contributed by atoms with Crippen LogP contribution in [0.4, 0.5) is 26.3 Å². The predicted molar refractivity (Wildman–Crippen MR) is 109 cm³/mol. The van der Waals surface area contributed by atoms with Crippen LogP contribution in [0.5, 0.6) is 11.5 Å². The fourth-order valence-corrected chi connectivity index (χ4v) is 3.90. The molecule has 2 aromatic carbocycles. The number of hydrogen-bond acceptors (Lipinski definition) is 6. The van der Waals surface area contributed by atoms with Crippen molar-refractivity contribution in [1.29, 1.82) is 0 Å². The fourth-order valence-electron chi connectivity index (χ4n) is 2.40. The zero-order chi connectivity index (χ0) is 24.2. The molecule has 1 aromatic heterocycles. The SMILES string of the molecule is FC(F)(F)COc1ccc(OCC(F)(F)F)c(-c2nnc(SCc3c(Cl)cccc3Cl)o2)c1. The van der Waals surface area contributed by atoms with Crippen molar-refractivity contribution in [3.8, 4) is 23.0 Å². The van der Waals surface area contributed by atoms with E-state index >= 15 is 0 Å². The Kier molecular flexibility index (Phi) is 7.91. The fraction of sp³-hybridized carbons (Fsp3) is 0.263. The van der Waals surface area contributed by atoms with Crippen molar-refractivity contribution in [3.63, 3.8) is 0 Å². The first-order chi connectivity index (χ1) is 15.4. The number of hydrogen-bond donors (Lipinski definition) is 0. The predicted octanol–water partition coefficient (Wildman–Crippen LogP) is 7.22. The second kappa shape index (κ2) is 10.3. The van der Waals surface area contributed by atoms with Crippen molar-refractivity contribution in [2.75, 3.05) is 13.2 Å². The summed E-state index contributed by atoms with van der Waals surface area (Å²) < 4.78 is 89.9. The molecule has 0 saturated carbocycles. The number of thioether (sulfide) groups is 1. The van der Waals surface area contributed by atoms with Gasteiger partial charge in [-0.15, -0.1) is 10.2 Å². The van der Waals surface area contributed by atoms with Gasteiger partial charge in [-0.1, -0.05) is 41.0 Å². The average Bonchev–Trinajstić information content (AvgIpc) is 3.18. The summed E-state index contributed by atoms with van der Waals surface area (Å²) in [7, 11) is 0. The van der Waals surface area contributed by atoms with Gasteiger partial charge in [-0.3, -0.25) is 0 Å².